The van der Waals surface area contributed by atoms with Crippen LogP contribution in [-0.4, -0.2) is 60.1 Å². The topological polar surface area (TPSA) is 66.5 Å². The average molecular weight is 324 g/mol. The lowest BCUT2D eigenvalue weighted by Crippen LogP contribution is -2.46. The van der Waals surface area contributed by atoms with Crippen LogP contribution in [0.2, 0.25) is 0 Å². The normalized spacial score (nSPS) is 20.6. The standard InChI is InChI=1S/C15H24N4O2S/c1-10(9-19-5-7-21-8-6-19)16-14(20)13-11(2)18-22-15(13)17-12-3-4-12/h10,12,17H,3-9H2,1-2H3,(H,16,20)/t10-/m0/s1. The number of carbonyl (C=O) groups excluding carboxylic acids is 1. The maximum absolute atomic E-state index is 12.6. The Morgan fingerprint density at radius 2 is 2.18 bits per heavy atom. The summed E-state index contributed by atoms with van der Waals surface area (Å²) >= 11 is 1.39. The van der Waals surface area contributed by atoms with Crippen LogP contribution in [0.4, 0.5) is 5.00 Å². The van der Waals surface area contributed by atoms with Gasteiger partial charge in [-0.1, -0.05) is 0 Å². The van der Waals surface area contributed by atoms with Crippen molar-refractivity contribution in [3.8, 4) is 0 Å². The zero-order valence-electron chi connectivity index (χ0n) is 13.2. The third-order valence-electron chi connectivity index (χ3n) is 4.02. The highest BCUT2D eigenvalue weighted by molar-refractivity contribution is 7.10. The highest BCUT2D eigenvalue weighted by atomic mass is 32.1. The van der Waals surface area contributed by atoms with E-state index in [0.717, 1.165) is 43.5 Å². The fourth-order valence-electron chi connectivity index (χ4n) is 2.66. The summed E-state index contributed by atoms with van der Waals surface area (Å²) in [4.78, 5) is 14.9. The van der Waals surface area contributed by atoms with Crippen molar-refractivity contribution in [3.05, 3.63) is 11.3 Å². The Hall–Kier alpha value is -1.18. The van der Waals surface area contributed by atoms with Crippen LogP contribution < -0.4 is 10.6 Å². The first-order chi connectivity index (χ1) is 10.6. The molecule has 2 fully saturated rings. The minimum absolute atomic E-state index is 0.0184. The lowest BCUT2D eigenvalue weighted by atomic mass is 10.2. The van der Waals surface area contributed by atoms with E-state index in [9.17, 15) is 4.79 Å². The average Bonchev–Trinajstić information content (AvgIpc) is 3.22. The smallest absolute Gasteiger partial charge is 0.256 e. The van der Waals surface area contributed by atoms with Crippen LogP contribution in [0.3, 0.4) is 0 Å². The van der Waals surface area contributed by atoms with Crippen molar-refractivity contribution in [3.63, 3.8) is 0 Å². The van der Waals surface area contributed by atoms with Gasteiger partial charge in [0.25, 0.3) is 5.91 Å². The molecule has 122 valence electrons. The fourth-order valence-corrected chi connectivity index (χ4v) is 3.53. The molecule has 1 aliphatic carbocycles. The first-order valence-corrected chi connectivity index (χ1v) is 8.74. The molecule has 2 N–H and O–H groups in total. The van der Waals surface area contributed by atoms with Crippen LogP contribution in [-0.2, 0) is 4.74 Å². The number of aryl methyl sites for hydroxylation is 1. The number of nitrogens with zero attached hydrogens (tertiary/aromatic N) is 2. The van der Waals surface area contributed by atoms with Crippen LogP contribution in [0.5, 0.6) is 0 Å². The van der Waals surface area contributed by atoms with Gasteiger partial charge in [-0.05, 0) is 38.2 Å². The van der Waals surface area contributed by atoms with Crippen LogP contribution in [0.1, 0.15) is 35.8 Å². The van der Waals surface area contributed by atoms with Gasteiger partial charge < -0.3 is 15.4 Å². The molecule has 1 amide bonds. The summed E-state index contributed by atoms with van der Waals surface area (Å²) < 4.78 is 9.68. The summed E-state index contributed by atoms with van der Waals surface area (Å²) in [5, 5.41) is 7.43. The molecule has 1 saturated carbocycles. The maximum atomic E-state index is 12.6. The molecule has 7 heteroatoms. The zero-order chi connectivity index (χ0) is 15.5. The van der Waals surface area contributed by atoms with Gasteiger partial charge in [0.15, 0.2) is 0 Å². The first kappa shape index (κ1) is 15.7. The molecule has 0 bridgehead atoms. The number of aromatic nitrogens is 1. The number of ether oxygens (including phenoxy) is 1. The van der Waals surface area contributed by atoms with Crippen molar-refractivity contribution in [1.29, 1.82) is 0 Å². The van der Waals surface area contributed by atoms with E-state index >= 15 is 0 Å². The Morgan fingerprint density at radius 1 is 1.45 bits per heavy atom. The second-order valence-corrected chi connectivity index (χ2v) is 6.95. The molecule has 0 radical (unpaired) electrons. The lowest BCUT2D eigenvalue weighted by Gasteiger charge is -2.29. The van der Waals surface area contributed by atoms with E-state index in [-0.39, 0.29) is 11.9 Å². The van der Waals surface area contributed by atoms with E-state index in [2.05, 4.69) is 26.8 Å². The van der Waals surface area contributed by atoms with Crippen molar-refractivity contribution in [1.82, 2.24) is 14.6 Å². The molecule has 1 saturated heterocycles. The van der Waals surface area contributed by atoms with Gasteiger partial charge in [0, 0.05) is 31.7 Å². The molecule has 0 spiro atoms. The number of anilines is 1. The third kappa shape index (κ3) is 3.97. The quantitative estimate of drug-likeness (QED) is 0.830. The predicted octanol–water partition coefficient (Wildman–Crippen LogP) is 1.48. The van der Waals surface area contributed by atoms with E-state index in [1.54, 1.807) is 0 Å². The van der Waals surface area contributed by atoms with Crippen molar-refractivity contribution in [2.45, 2.75) is 38.8 Å². The summed E-state index contributed by atoms with van der Waals surface area (Å²) in [5.41, 5.74) is 1.52. The van der Waals surface area contributed by atoms with Crippen LogP contribution in [0, 0.1) is 6.92 Å². The van der Waals surface area contributed by atoms with Crippen molar-refractivity contribution in [2.75, 3.05) is 38.2 Å². The number of hydrogen-bond donors (Lipinski definition) is 2. The molecule has 1 aliphatic heterocycles. The van der Waals surface area contributed by atoms with Crippen molar-refractivity contribution < 1.29 is 9.53 Å². The number of nitrogens with one attached hydrogen (secondary N) is 2. The highest BCUT2D eigenvalue weighted by Gasteiger charge is 2.26. The van der Waals surface area contributed by atoms with Gasteiger partial charge in [0.05, 0.1) is 24.5 Å². The molecule has 1 aromatic heterocycles. The highest BCUT2D eigenvalue weighted by Crippen LogP contribution is 2.31. The summed E-state index contributed by atoms with van der Waals surface area (Å²) in [5.74, 6) is -0.0184. The van der Waals surface area contributed by atoms with Gasteiger partial charge in [-0.15, -0.1) is 0 Å². The Bertz CT molecular complexity index is 524. The Labute approximate surface area is 135 Å². The second kappa shape index (κ2) is 6.93. The van der Waals surface area contributed by atoms with Gasteiger partial charge in [0.1, 0.15) is 5.00 Å². The maximum Gasteiger partial charge on any atom is 0.256 e. The largest absolute Gasteiger partial charge is 0.379 e. The summed E-state index contributed by atoms with van der Waals surface area (Å²) in [6, 6.07) is 0.635. The zero-order valence-corrected chi connectivity index (χ0v) is 14.0. The molecule has 1 aromatic rings. The Kier molecular flexibility index (Phi) is 4.95. The van der Waals surface area contributed by atoms with Gasteiger partial charge in [0.2, 0.25) is 0 Å². The van der Waals surface area contributed by atoms with E-state index in [4.69, 9.17) is 4.74 Å². The SMILES string of the molecule is Cc1nsc(NC2CC2)c1C(=O)N[C@@H](C)CN1CCOCC1. The van der Waals surface area contributed by atoms with E-state index in [1.807, 2.05) is 6.92 Å². The van der Waals surface area contributed by atoms with Crippen LogP contribution in [0.15, 0.2) is 0 Å². The first-order valence-electron chi connectivity index (χ1n) is 7.97. The Morgan fingerprint density at radius 3 is 2.86 bits per heavy atom. The summed E-state index contributed by atoms with van der Waals surface area (Å²) in [7, 11) is 0. The fraction of sp³-hybridized carbons (Fsp3) is 0.733. The molecule has 2 aliphatic rings. The van der Waals surface area contributed by atoms with E-state index in [1.165, 1.54) is 24.4 Å². The monoisotopic (exact) mass is 324 g/mol. The molecule has 1 atom stereocenters. The summed E-state index contributed by atoms with van der Waals surface area (Å²) in [6.45, 7) is 8.25. The minimum Gasteiger partial charge on any atom is -0.379 e. The number of carbonyl (C=O) groups is 1. The molecule has 2 heterocycles. The molecular formula is C15H24N4O2S. The van der Waals surface area contributed by atoms with Gasteiger partial charge >= 0.3 is 0 Å². The second-order valence-electron chi connectivity index (χ2n) is 6.18. The van der Waals surface area contributed by atoms with Crippen molar-refractivity contribution in [2.24, 2.45) is 0 Å². The number of amides is 1. The minimum atomic E-state index is -0.0184. The van der Waals surface area contributed by atoms with Crippen LogP contribution in [0.25, 0.3) is 0 Å². The molecule has 3 rings (SSSR count). The van der Waals surface area contributed by atoms with Gasteiger partial charge in [-0.25, -0.2) is 0 Å². The van der Waals surface area contributed by atoms with Gasteiger partial charge in [-0.2, -0.15) is 4.37 Å². The molecular weight excluding hydrogens is 300 g/mol. The number of morpholine rings is 1. The third-order valence-corrected chi connectivity index (χ3v) is 4.89. The van der Waals surface area contributed by atoms with Gasteiger partial charge in [-0.3, -0.25) is 9.69 Å². The molecule has 6 nitrogen and oxygen atoms in total. The molecule has 0 aromatic carbocycles. The Balaban J connectivity index is 1.57. The predicted molar refractivity (Wildman–Crippen MR) is 87.7 cm³/mol. The molecule has 22 heavy (non-hydrogen) atoms. The molecule has 0 unspecified atom stereocenters. The van der Waals surface area contributed by atoms with Crippen molar-refractivity contribution >= 4 is 22.4 Å². The number of rotatable bonds is 6. The summed E-state index contributed by atoms with van der Waals surface area (Å²) in [6.07, 6.45) is 2.37. The van der Waals surface area contributed by atoms with Crippen LogP contribution >= 0.6 is 11.5 Å². The number of hydrogen-bond acceptors (Lipinski definition) is 6. The lowest BCUT2D eigenvalue weighted by molar-refractivity contribution is 0.0342. The van der Waals surface area contributed by atoms with E-state index in [0.29, 0.717) is 11.6 Å². The van der Waals surface area contributed by atoms with E-state index < -0.39 is 0 Å².